The van der Waals surface area contributed by atoms with Crippen LogP contribution in [0.1, 0.15) is 30.0 Å². The van der Waals surface area contributed by atoms with E-state index in [2.05, 4.69) is 27.3 Å². The lowest BCUT2D eigenvalue weighted by Crippen LogP contribution is -2.28. The molecule has 2 N–H and O–H groups in total. The molecule has 34 heavy (non-hydrogen) atoms. The van der Waals surface area contributed by atoms with Gasteiger partial charge in [0.15, 0.2) is 5.65 Å². The highest BCUT2D eigenvalue weighted by molar-refractivity contribution is 5.98. The van der Waals surface area contributed by atoms with Crippen LogP contribution in [0.4, 0.5) is 17.1 Å². The molecular formula is C24H25N7O3. The summed E-state index contributed by atoms with van der Waals surface area (Å²) in [4.78, 5) is 29.8. The van der Waals surface area contributed by atoms with Gasteiger partial charge in [-0.2, -0.15) is 0 Å². The number of methoxy groups -OCH3 is 1. The predicted molar refractivity (Wildman–Crippen MR) is 129 cm³/mol. The van der Waals surface area contributed by atoms with Gasteiger partial charge in [0.2, 0.25) is 5.91 Å². The largest absolute Gasteiger partial charge is 0.478 e. The molecule has 1 aliphatic rings. The number of hydrogen-bond acceptors (Lipinski definition) is 6. The molecule has 5 rings (SSSR count). The third-order valence-electron chi connectivity index (χ3n) is 5.74. The summed E-state index contributed by atoms with van der Waals surface area (Å²) < 4.78 is 10.4. The number of anilines is 3. The Labute approximate surface area is 195 Å². The zero-order chi connectivity index (χ0) is 23.8. The molecule has 1 amide bonds. The highest BCUT2D eigenvalue weighted by Gasteiger charge is 2.29. The van der Waals surface area contributed by atoms with Crippen molar-refractivity contribution in [2.45, 2.75) is 25.3 Å². The summed E-state index contributed by atoms with van der Waals surface area (Å²) in [5.41, 5.74) is 4.14. The maximum Gasteiger partial charge on any atom is 0.334 e. The molecule has 3 heterocycles. The average Bonchev–Trinajstić information content (AvgIpc) is 3.46. The van der Waals surface area contributed by atoms with E-state index < -0.39 is 0 Å². The number of amides is 1. The normalized spacial score (nSPS) is 13.1. The molecule has 0 unspecified atom stereocenters. The second kappa shape index (κ2) is 8.54. The number of carbonyl (C=O) groups is 1. The van der Waals surface area contributed by atoms with E-state index in [1.807, 2.05) is 25.2 Å². The van der Waals surface area contributed by atoms with Crippen molar-refractivity contribution in [1.82, 2.24) is 23.7 Å². The predicted octanol–water partition coefficient (Wildman–Crippen LogP) is 3.03. The number of nitrogens with one attached hydrogen (secondary N) is 2. The topological polar surface area (TPSA) is 107 Å². The van der Waals surface area contributed by atoms with Crippen LogP contribution >= 0.6 is 0 Å². The van der Waals surface area contributed by atoms with Crippen LogP contribution in [0, 0.1) is 0 Å². The number of fused-ring (bicyclic) bond motifs is 1. The molecule has 0 aliphatic heterocycles. The lowest BCUT2D eigenvalue weighted by molar-refractivity contribution is -0.111. The van der Waals surface area contributed by atoms with Gasteiger partial charge in [-0.3, -0.25) is 14.0 Å². The quantitative estimate of drug-likeness (QED) is 0.392. The zero-order valence-corrected chi connectivity index (χ0v) is 19.0. The van der Waals surface area contributed by atoms with E-state index in [0.29, 0.717) is 41.1 Å². The van der Waals surface area contributed by atoms with Crippen LogP contribution in [0.15, 0.2) is 60.3 Å². The van der Waals surface area contributed by atoms with Gasteiger partial charge in [0.05, 0.1) is 31.2 Å². The van der Waals surface area contributed by atoms with Crippen LogP contribution in [0.3, 0.4) is 0 Å². The zero-order valence-electron chi connectivity index (χ0n) is 19.0. The fraction of sp³-hybridized carbons (Fsp3) is 0.250. The van der Waals surface area contributed by atoms with E-state index in [1.165, 1.54) is 6.08 Å². The Bertz CT molecular complexity index is 1460. The Morgan fingerprint density at radius 2 is 2.12 bits per heavy atom. The molecule has 4 aromatic rings. The maximum atomic E-state index is 13.5. The summed E-state index contributed by atoms with van der Waals surface area (Å²) in [6, 6.07) is 7.38. The third-order valence-corrected chi connectivity index (χ3v) is 5.74. The van der Waals surface area contributed by atoms with E-state index in [0.717, 1.165) is 24.1 Å². The third kappa shape index (κ3) is 4.05. The molecule has 0 atom stereocenters. The molecule has 0 spiro atoms. The highest BCUT2D eigenvalue weighted by atomic mass is 16.5. The summed E-state index contributed by atoms with van der Waals surface area (Å²) in [5, 5.41) is 10.4. The fourth-order valence-electron chi connectivity index (χ4n) is 4.01. The minimum absolute atomic E-state index is 0.168. The van der Waals surface area contributed by atoms with Crippen molar-refractivity contribution in [3.8, 4) is 5.88 Å². The number of aryl methyl sites for hydroxylation is 1. The summed E-state index contributed by atoms with van der Waals surface area (Å²) in [7, 11) is 3.37. The first-order valence-corrected chi connectivity index (χ1v) is 10.9. The van der Waals surface area contributed by atoms with Crippen molar-refractivity contribution in [2.24, 2.45) is 7.05 Å². The van der Waals surface area contributed by atoms with Gasteiger partial charge >= 0.3 is 5.69 Å². The molecule has 10 nitrogen and oxygen atoms in total. The molecule has 1 saturated carbocycles. The first kappa shape index (κ1) is 21.5. The first-order valence-electron chi connectivity index (χ1n) is 10.9. The number of hydrogen-bond donors (Lipinski definition) is 2. The number of benzene rings is 1. The molecule has 1 aliphatic carbocycles. The smallest absolute Gasteiger partial charge is 0.334 e. The Hall–Kier alpha value is -4.34. The number of aromatic nitrogens is 5. The Morgan fingerprint density at radius 1 is 1.29 bits per heavy atom. The highest BCUT2D eigenvalue weighted by Crippen LogP contribution is 2.40. The second-order valence-corrected chi connectivity index (χ2v) is 8.31. The van der Waals surface area contributed by atoms with E-state index in [9.17, 15) is 9.59 Å². The van der Waals surface area contributed by atoms with Crippen LogP contribution in [0.5, 0.6) is 5.88 Å². The Balaban J connectivity index is 1.58. The average molecular weight is 460 g/mol. The molecule has 3 aromatic heterocycles. The SMILES string of the molecule is C=CC(=O)Nc1cccc(Cn2cc(Nc3cn(C)nc3OC)c3ncc(C4CC4)n3c2=O)c1. The Morgan fingerprint density at radius 3 is 2.85 bits per heavy atom. The van der Waals surface area contributed by atoms with Crippen LogP contribution in [-0.2, 0) is 18.4 Å². The monoisotopic (exact) mass is 459 g/mol. The van der Waals surface area contributed by atoms with Gasteiger partial charge in [0.1, 0.15) is 5.69 Å². The van der Waals surface area contributed by atoms with Gasteiger partial charge in [0.25, 0.3) is 5.88 Å². The van der Waals surface area contributed by atoms with Gasteiger partial charge in [-0.05, 0) is 36.6 Å². The molecule has 1 fully saturated rings. The van der Waals surface area contributed by atoms with Gasteiger partial charge in [-0.25, -0.2) is 14.2 Å². The van der Waals surface area contributed by atoms with Crippen molar-refractivity contribution in [3.63, 3.8) is 0 Å². The maximum absolute atomic E-state index is 13.5. The van der Waals surface area contributed by atoms with Crippen LogP contribution in [-0.4, -0.2) is 36.7 Å². The lowest BCUT2D eigenvalue weighted by Gasteiger charge is -2.14. The summed E-state index contributed by atoms with van der Waals surface area (Å²) >= 11 is 0. The van der Waals surface area contributed by atoms with Crippen LogP contribution < -0.4 is 21.1 Å². The van der Waals surface area contributed by atoms with Crippen LogP contribution in [0.2, 0.25) is 0 Å². The van der Waals surface area contributed by atoms with Crippen molar-refractivity contribution in [3.05, 3.63) is 77.3 Å². The number of nitrogens with zero attached hydrogens (tertiary/aromatic N) is 5. The van der Waals surface area contributed by atoms with Crippen molar-refractivity contribution >= 4 is 28.6 Å². The van der Waals surface area contributed by atoms with Gasteiger partial charge in [-0.1, -0.05) is 18.7 Å². The Kier molecular flexibility index (Phi) is 5.40. The molecule has 0 bridgehead atoms. The van der Waals surface area contributed by atoms with Gasteiger partial charge < -0.3 is 15.4 Å². The van der Waals surface area contributed by atoms with Crippen molar-refractivity contribution < 1.29 is 9.53 Å². The number of carbonyl (C=O) groups excluding carboxylic acids is 1. The van der Waals surface area contributed by atoms with Gasteiger partial charge in [0, 0.05) is 31.0 Å². The summed E-state index contributed by atoms with van der Waals surface area (Å²) in [6.45, 7) is 3.79. The van der Waals surface area contributed by atoms with Crippen LogP contribution in [0.25, 0.3) is 5.65 Å². The molecule has 174 valence electrons. The second-order valence-electron chi connectivity index (χ2n) is 8.31. The lowest BCUT2D eigenvalue weighted by atomic mass is 10.2. The van der Waals surface area contributed by atoms with Gasteiger partial charge in [-0.15, -0.1) is 5.10 Å². The number of imidazole rings is 1. The fourth-order valence-corrected chi connectivity index (χ4v) is 4.01. The van der Waals surface area contributed by atoms with Crippen molar-refractivity contribution in [1.29, 1.82) is 0 Å². The van der Waals surface area contributed by atoms with Crippen molar-refractivity contribution in [2.75, 3.05) is 17.7 Å². The first-order chi connectivity index (χ1) is 16.5. The standard InChI is InChI=1S/C24H25N7O3/c1-4-21(32)26-17-7-5-6-15(10-17)12-30-14-18(27-19-13-29(2)28-23(19)34-3)22-25-11-20(16-8-9-16)31(22)24(30)33/h4-7,10-11,13-14,16,27H,1,8-9,12H2,2-3H3,(H,26,32). The molecule has 1 aromatic carbocycles. The molecular weight excluding hydrogens is 434 g/mol. The number of rotatable bonds is 8. The van der Waals surface area contributed by atoms with E-state index >= 15 is 0 Å². The molecule has 10 heteroatoms. The minimum atomic E-state index is -0.292. The summed E-state index contributed by atoms with van der Waals surface area (Å²) in [5.74, 6) is 0.495. The van der Waals surface area contributed by atoms with E-state index in [1.54, 1.807) is 45.4 Å². The van der Waals surface area contributed by atoms with E-state index in [-0.39, 0.29) is 11.6 Å². The molecule has 0 radical (unpaired) electrons. The number of ether oxygens (including phenoxy) is 1. The molecule has 0 saturated heterocycles. The minimum Gasteiger partial charge on any atom is -0.478 e. The van der Waals surface area contributed by atoms with E-state index in [4.69, 9.17) is 4.74 Å². The summed E-state index contributed by atoms with van der Waals surface area (Å²) in [6.07, 6.45) is 8.66.